The number of aromatic hydroxyl groups is 1. The molecule has 0 saturated heterocycles. The summed E-state index contributed by atoms with van der Waals surface area (Å²) >= 11 is 1.57. The molecule has 4 heteroatoms. The van der Waals surface area contributed by atoms with Gasteiger partial charge in [-0.05, 0) is 61.1 Å². The molecule has 0 saturated carbocycles. The van der Waals surface area contributed by atoms with E-state index in [2.05, 4.69) is 42.6 Å². The molecule has 0 spiro atoms. The normalized spacial score (nSPS) is 24.9. The molecule has 2 aromatic rings. The molecule has 4 rings (SSSR count). The van der Waals surface area contributed by atoms with Gasteiger partial charge in [0.05, 0.1) is 4.88 Å². The zero-order valence-electron chi connectivity index (χ0n) is 15.4. The van der Waals surface area contributed by atoms with Crippen molar-refractivity contribution in [3.8, 4) is 5.75 Å². The van der Waals surface area contributed by atoms with Crippen LogP contribution in [-0.2, 0) is 0 Å². The van der Waals surface area contributed by atoms with Gasteiger partial charge in [-0.1, -0.05) is 42.0 Å². The minimum Gasteiger partial charge on any atom is -0.508 e. The van der Waals surface area contributed by atoms with Gasteiger partial charge in [0, 0.05) is 17.3 Å². The Kier molecular flexibility index (Phi) is 4.99. The van der Waals surface area contributed by atoms with Crippen molar-refractivity contribution in [2.24, 2.45) is 0 Å². The highest BCUT2D eigenvalue weighted by atomic mass is 32.1. The van der Waals surface area contributed by atoms with E-state index in [0.29, 0.717) is 6.54 Å². The highest BCUT2D eigenvalue weighted by Gasteiger charge is 2.27. The zero-order valence-corrected chi connectivity index (χ0v) is 16.2. The minimum atomic E-state index is 0.0182. The first kappa shape index (κ1) is 17.8. The van der Waals surface area contributed by atoms with Crippen molar-refractivity contribution >= 4 is 22.8 Å². The quantitative estimate of drug-likeness (QED) is 0.736. The van der Waals surface area contributed by atoms with Crippen LogP contribution in [0.5, 0.6) is 5.75 Å². The van der Waals surface area contributed by atoms with Gasteiger partial charge in [-0.25, -0.2) is 0 Å². The lowest BCUT2D eigenvalue weighted by Crippen LogP contribution is -2.21. The second kappa shape index (κ2) is 7.57. The van der Waals surface area contributed by atoms with Crippen LogP contribution < -0.4 is 5.32 Å². The predicted molar refractivity (Wildman–Crippen MR) is 111 cm³/mol. The Morgan fingerprint density at radius 2 is 2.00 bits per heavy atom. The maximum absolute atomic E-state index is 12.6. The van der Waals surface area contributed by atoms with Crippen molar-refractivity contribution in [1.82, 2.24) is 5.32 Å². The number of hydrogen-bond donors (Lipinski definition) is 2. The van der Waals surface area contributed by atoms with E-state index in [1.54, 1.807) is 23.5 Å². The van der Waals surface area contributed by atoms with Crippen LogP contribution in [0.15, 0.2) is 60.2 Å². The molecule has 1 atom stereocenters. The van der Waals surface area contributed by atoms with E-state index < -0.39 is 0 Å². The number of nitrogens with one attached hydrogen (secondary N) is 1. The summed E-state index contributed by atoms with van der Waals surface area (Å²) in [7, 11) is 0. The fourth-order valence-corrected chi connectivity index (χ4v) is 4.80. The van der Waals surface area contributed by atoms with Crippen molar-refractivity contribution in [2.45, 2.75) is 32.1 Å². The van der Waals surface area contributed by atoms with Gasteiger partial charge in [0.1, 0.15) is 5.75 Å². The molecule has 27 heavy (non-hydrogen) atoms. The molecule has 1 amide bonds. The van der Waals surface area contributed by atoms with E-state index in [0.717, 1.165) is 45.7 Å². The number of phenolic OH excluding ortho intramolecular Hbond substituents is 1. The van der Waals surface area contributed by atoms with Gasteiger partial charge in [-0.2, -0.15) is 0 Å². The van der Waals surface area contributed by atoms with Crippen LogP contribution in [0.1, 0.15) is 57.8 Å². The highest BCUT2D eigenvalue weighted by molar-refractivity contribution is 7.15. The second-order valence-electron chi connectivity index (χ2n) is 7.16. The summed E-state index contributed by atoms with van der Waals surface area (Å²) in [6.45, 7) is 2.82. The molecule has 1 aliphatic heterocycles. The number of rotatable bonds is 2. The minimum absolute atomic E-state index is 0.0182. The molecular formula is C23H23NO2S. The van der Waals surface area contributed by atoms with Crippen LogP contribution in [0.2, 0.25) is 0 Å². The summed E-state index contributed by atoms with van der Waals surface area (Å²) in [5.41, 5.74) is 4.75. The number of carbonyl (C=O) groups is 1. The number of benzene rings is 1. The van der Waals surface area contributed by atoms with Gasteiger partial charge in [-0.3, -0.25) is 4.79 Å². The third kappa shape index (κ3) is 3.76. The number of fused-ring (bicyclic) bond motifs is 1. The number of thiophene rings is 1. The van der Waals surface area contributed by atoms with Crippen molar-refractivity contribution in [3.05, 3.63) is 81.1 Å². The number of amides is 1. The SMILES string of the molecule is C\C1=C/C=C(c2cc3c(s2)C(=O)NCCC3c2ccc(O)cc2)\C=C/CC1. The summed E-state index contributed by atoms with van der Waals surface area (Å²) in [6, 6.07) is 9.53. The lowest BCUT2D eigenvalue weighted by atomic mass is 9.89. The van der Waals surface area contributed by atoms with Crippen LogP contribution in [-0.4, -0.2) is 17.6 Å². The molecule has 2 N–H and O–H groups in total. The molecule has 2 aliphatic rings. The first-order valence-electron chi connectivity index (χ1n) is 9.37. The Morgan fingerprint density at radius 1 is 1.19 bits per heavy atom. The number of carbonyl (C=O) groups excluding carboxylic acids is 1. The monoisotopic (exact) mass is 377 g/mol. The van der Waals surface area contributed by atoms with Crippen LogP contribution >= 0.6 is 11.3 Å². The van der Waals surface area contributed by atoms with Crippen molar-refractivity contribution in [1.29, 1.82) is 0 Å². The summed E-state index contributed by atoms with van der Waals surface area (Å²) < 4.78 is 0. The molecule has 0 radical (unpaired) electrons. The molecule has 138 valence electrons. The highest BCUT2D eigenvalue weighted by Crippen LogP contribution is 2.39. The maximum atomic E-state index is 12.6. The molecule has 0 bridgehead atoms. The Morgan fingerprint density at radius 3 is 2.81 bits per heavy atom. The summed E-state index contributed by atoms with van der Waals surface area (Å²) in [4.78, 5) is 14.5. The van der Waals surface area contributed by atoms with Gasteiger partial charge < -0.3 is 10.4 Å². The first-order chi connectivity index (χ1) is 13.1. The Labute approximate surface area is 163 Å². The summed E-state index contributed by atoms with van der Waals surface area (Å²) in [6.07, 6.45) is 11.7. The molecular weight excluding hydrogens is 354 g/mol. The lowest BCUT2D eigenvalue weighted by molar-refractivity contribution is 0.0960. The van der Waals surface area contributed by atoms with Crippen LogP contribution in [0.4, 0.5) is 0 Å². The molecule has 1 aromatic heterocycles. The van der Waals surface area contributed by atoms with E-state index in [4.69, 9.17) is 0 Å². The Bertz CT molecular complexity index is 947. The van der Waals surface area contributed by atoms with E-state index in [-0.39, 0.29) is 17.6 Å². The Balaban J connectivity index is 1.78. The number of allylic oxidation sites excluding steroid dienone is 6. The van der Waals surface area contributed by atoms with E-state index in [9.17, 15) is 9.90 Å². The van der Waals surface area contributed by atoms with Crippen molar-refractivity contribution in [3.63, 3.8) is 0 Å². The predicted octanol–water partition coefficient (Wildman–Crippen LogP) is 5.40. The van der Waals surface area contributed by atoms with Crippen molar-refractivity contribution < 1.29 is 9.90 Å². The topological polar surface area (TPSA) is 49.3 Å². The largest absolute Gasteiger partial charge is 0.508 e. The second-order valence-corrected chi connectivity index (χ2v) is 8.21. The lowest BCUT2D eigenvalue weighted by Gasteiger charge is -2.15. The molecule has 1 aromatic carbocycles. The molecule has 1 unspecified atom stereocenters. The van der Waals surface area contributed by atoms with Crippen LogP contribution in [0.25, 0.3) is 5.57 Å². The van der Waals surface area contributed by atoms with E-state index >= 15 is 0 Å². The standard InChI is InChI=1S/C23H23NO2S/c1-15-4-2-3-5-17(7-6-15)21-14-20-19(16-8-10-18(25)11-9-16)12-13-24-23(26)22(20)27-21/h3,5-11,14,19,25H,2,4,12-13H2,1H3,(H,24,26)/b5-3-,15-6+,17-7+. The molecule has 0 fully saturated rings. The molecule has 2 heterocycles. The smallest absolute Gasteiger partial charge is 0.261 e. The van der Waals surface area contributed by atoms with Gasteiger partial charge in [0.2, 0.25) is 0 Å². The average Bonchev–Trinajstić information content (AvgIpc) is 3.02. The fourth-order valence-electron chi connectivity index (χ4n) is 3.66. The third-order valence-electron chi connectivity index (χ3n) is 5.19. The molecule has 1 aliphatic carbocycles. The maximum Gasteiger partial charge on any atom is 0.261 e. The third-order valence-corrected chi connectivity index (χ3v) is 6.39. The zero-order chi connectivity index (χ0) is 18.8. The number of phenols is 1. The van der Waals surface area contributed by atoms with Gasteiger partial charge in [0.15, 0.2) is 0 Å². The van der Waals surface area contributed by atoms with Gasteiger partial charge in [-0.15, -0.1) is 11.3 Å². The van der Waals surface area contributed by atoms with Crippen LogP contribution in [0, 0.1) is 0 Å². The van der Waals surface area contributed by atoms with E-state index in [1.165, 1.54) is 5.57 Å². The average molecular weight is 378 g/mol. The van der Waals surface area contributed by atoms with Gasteiger partial charge in [0.25, 0.3) is 5.91 Å². The van der Waals surface area contributed by atoms with Gasteiger partial charge >= 0.3 is 0 Å². The first-order valence-corrected chi connectivity index (χ1v) is 10.2. The van der Waals surface area contributed by atoms with Crippen molar-refractivity contribution in [2.75, 3.05) is 6.54 Å². The number of hydrogen-bond acceptors (Lipinski definition) is 3. The van der Waals surface area contributed by atoms with E-state index in [1.807, 2.05) is 12.1 Å². The molecule has 3 nitrogen and oxygen atoms in total. The summed E-state index contributed by atoms with van der Waals surface area (Å²) in [5, 5.41) is 12.6. The van der Waals surface area contributed by atoms with Crippen LogP contribution in [0.3, 0.4) is 0 Å². The fraction of sp³-hybridized carbons (Fsp3) is 0.261. The Hall–Kier alpha value is -2.59. The summed E-state index contributed by atoms with van der Waals surface area (Å²) in [5.74, 6) is 0.435.